The molecular formula is C17H25N3O8. The number of nitrogens with zero attached hydrogens (tertiary/aromatic N) is 2. The van der Waals surface area contributed by atoms with Gasteiger partial charge in [-0.15, -0.1) is 0 Å². The molecule has 0 spiro atoms. The maximum atomic E-state index is 12.3. The highest BCUT2D eigenvalue weighted by Gasteiger charge is 2.56. The molecule has 0 radical (unpaired) electrons. The van der Waals surface area contributed by atoms with Crippen LogP contribution in [0.1, 0.15) is 40.3 Å². The second-order valence-electron chi connectivity index (χ2n) is 7.14. The molecule has 3 rings (SSSR count). The van der Waals surface area contributed by atoms with Crippen molar-refractivity contribution >= 4 is 12.0 Å². The van der Waals surface area contributed by atoms with E-state index in [0.29, 0.717) is 6.42 Å². The molecule has 0 aliphatic carbocycles. The average Bonchev–Trinajstić information content (AvgIpc) is 3.13. The van der Waals surface area contributed by atoms with Crippen molar-refractivity contribution in [2.45, 2.75) is 70.5 Å². The Morgan fingerprint density at radius 3 is 2.79 bits per heavy atom. The maximum Gasteiger partial charge on any atom is 0.508 e. The zero-order chi connectivity index (χ0) is 20.5. The second-order valence-corrected chi connectivity index (χ2v) is 7.14. The third kappa shape index (κ3) is 4.27. The fourth-order valence-corrected chi connectivity index (χ4v) is 3.12. The Bertz CT molecular complexity index is 767. The van der Waals surface area contributed by atoms with Crippen LogP contribution in [0.4, 0.5) is 10.6 Å². The topological polar surface area (TPSA) is 130 Å². The smallest absolute Gasteiger partial charge is 0.431 e. The zero-order valence-corrected chi connectivity index (χ0v) is 16.2. The number of hydrogen-bond acceptors (Lipinski definition) is 10. The van der Waals surface area contributed by atoms with Gasteiger partial charge in [-0.3, -0.25) is 15.3 Å². The molecule has 156 valence electrons. The van der Waals surface area contributed by atoms with Crippen LogP contribution in [0.25, 0.3) is 0 Å². The van der Waals surface area contributed by atoms with Gasteiger partial charge in [-0.25, -0.2) is 9.59 Å². The first-order valence-corrected chi connectivity index (χ1v) is 9.08. The lowest BCUT2D eigenvalue weighted by Crippen LogP contribution is -2.34. The lowest BCUT2D eigenvalue weighted by Gasteiger charge is -2.24. The Morgan fingerprint density at radius 1 is 1.43 bits per heavy atom. The lowest BCUT2D eigenvalue weighted by atomic mass is 10.1. The van der Waals surface area contributed by atoms with Gasteiger partial charge >= 0.3 is 11.8 Å². The maximum absolute atomic E-state index is 12.3. The fourth-order valence-electron chi connectivity index (χ4n) is 3.12. The van der Waals surface area contributed by atoms with Gasteiger partial charge in [0.15, 0.2) is 17.8 Å². The Balaban J connectivity index is 1.75. The van der Waals surface area contributed by atoms with E-state index in [-0.39, 0.29) is 18.5 Å². The molecule has 11 nitrogen and oxygen atoms in total. The molecule has 2 aliphatic rings. The van der Waals surface area contributed by atoms with Gasteiger partial charge in [0.25, 0.3) is 0 Å². The van der Waals surface area contributed by atoms with Gasteiger partial charge in [0.1, 0.15) is 31.0 Å². The van der Waals surface area contributed by atoms with Gasteiger partial charge in [-0.2, -0.15) is 4.98 Å². The highest BCUT2D eigenvalue weighted by Crippen LogP contribution is 2.42. The van der Waals surface area contributed by atoms with Crippen LogP contribution < -0.4 is 11.2 Å². The third-order valence-electron chi connectivity index (χ3n) is 4.58. The predicted molar refractivity (Wildman–Crippen MR) is 93.8 cm³/mol. The van der Waals surface area contributed by atoms with Crippen LogP contribution in [0.15, 0.2) is 17.1 Å². The van der Waals surface area contributed by atoms with Crippen molar-refractivity contribution in [2.24, 2.45) is 0 Å². The predicted octanol–water partition coefficient (Wildman–Crippen LogP) is 1.41. The number of rotatable bonds is 6. The summed E-state index contributed by atoms with van der Waals surface area (Å²) in [5.74, 6) is -0.886. The van der Waals surface area contributed by atoms with Crippen LogP contribution in [0.2, 0.25) is 0 Å². The minimum atomic E-state index is -0.892. The van der Waals surface area contributed by atoms with E-state index in [1.165, 1.54) is 16.8 Å². The Morgan fingerprint density at radius 2 is 2.14 bits per heavy atom. The minimum absolute atomic E-state index is 0.00684. The first-order chi connectivity index (χ1) is 13.2. The number of ether oxygens (including phenoxy) is 5. The number of anilines is 1. The van der Waals surface area contributed by atoms with E-state index in [1.54, 1.807) is 20.8 Å². The van der Waals surface area contributed by atoms with Gasteiger partial charge < -0.3 is 23.7 Å². The normalized spacial score (nSPS) is 29.2. The van der Waals surface area contributed by atoms with Gasteiger partial charge in [-0.05, 0) is 33.3 Å². The summed E-state index contributed by atoms with van der Waals surface area (Å²) in [7, 11) is 0. The zero-order valence-electron chi connectivity index (χ0n) is 16.2. The molecule has 0 aromatic carbocycles. The molecule has 28 heavy (non-hydrogen) atoms. The highest BCUT2D eigenvalue weighted by molar-refractivity contribution is 5.60. The monoisotopic (exact) mass is 399 g/mol. The SMILES string of the molecule is CC[C@@H](C)OC(=O)OC[C@H]1O[C@@H](n2ccc(NO)nc2=O)[C@@H]2OC(C)(C)O[C@@H]21. The number of carbonyl (C=O) groups is 1. The fraction of sp³-hybridized carbons (Fsp3) is 0.706. The molecule has 0 unspecified atom stereocenters. The van der Waals surface area contributed by atoms with Crippen molar-refractivity contribution < 1.29 is 33.7 Å². The van der Waals surface area contributed by atoms with E-state index >= 15 is 0 Å². The number of fused-ring (bicyclic) bond motifs is 1. The van der Waals surface area contributed by atoms with Gasteiger partial charge in [0.2, 0.25) is 0 Å². The highest BCUT2D eigenvalue weighted by atomic mass is 16.8. The van der Waals surface area contributed by atoms with Crippen LogP contribution in [-0.4, -0.2) is 57.7 Å². The summed E-state index contributed by atoms with van der Waals surface area (Å²) in [6.45, 7) is 7.03. The van der Waals surface area contributed by atoms with Crippen LogP contribution >= 0.6 is 0 Å². The number of carbonyl (C=O) groups excluding carboxylic acids is 1. The Hall–Kier alpha value is -2.21. The van der Waals surface area contributed by atoms with Crippen molar-refractivity contribution in [1.29, 1.82) is 0 Å². The molecule has 0 bridgehead atoms. The molecule has 1 aromatic heterocycles. The molecule has 2 N–H and O–H groups in total. The van der Waals surface area contributed by atoms with E-state index in [9.17, 15) is 9.59 Å². The molecule has 0 amide bonds. The van der Waals surface area contributed by atoms with Gasteiger partial charge in [0.05, 0.1) is 0 Å². The lowest BCUT2D eigenvalue weighted by molar-refractivity contribution is -0.201. The summed E-state index contributed by atoms with van der Waals surface area (Å²) < 4.78 is 29.2. The molecule has 2 fully saturated rings. The summed E-state index contributed by atoms with van der Waals surface area (Å²) in [5, 5.41) is 8.88. The first-order valence-electron chi connectivity index (χ1n) is 9.08. The quantitative estimate of drug-likeness (QED) is 0.535. The van der Waals surface area contributed by atoms with Crippen molar-refractivity contribution in [3.8, 4) is 0 Å². The van der Waals surface area contributed by atoms with Crippen LogP contribution in [0, 0.1) is 0 Å². The third-order valence-corrected chi connectivity index (χ3v) is 4.58. The standard InChI is InChI=1S/C17H25N3O8/c1-5-9(2)25-16(22)24-8-10-12-13(28-17(3,4)27-12)14(26-10)20-7-6-11(19-23)18-15(20)21/h6-7,9-10,12-14,23H,5,8H2,1-4H3,(H,18,19,21)/t9-,10-,12-,13-,14-/m1/s1. The number of nitrogens with one attached hydrogen (secondary N) is 1. The summed E-state index contributed by atoms with van der Waals surface area (Å²) in [4.78, 5) is 27.8. The molecule has 11 heteroatoms. The van der Waals surface area contributed by atoms with Crippen LogP contribution in [0.3, 0.4) is 0 Å². The van der Waals surface area contributed by atoms with E-state index in [0.717, 1.165) is 0 Å². The van der Waals surface area contributed by atoms with Crippen molar-refractivity contribution in [1.82, 2.24) is 9.55 Å². The van der Waals surface area contributed by atoms with Crippen molar-refractivity contribution in [3.63, 3.8) is 0 Å². The second kappa shape index (κ2) is 8.03. The van der Waals surface area contributed by atoms with E-state index in [1.807, 2.05) is 12.4 Å². The molecule has 2 aliphatic heterocycles. The number of aromatic nitrogens is 2. The van der Waals surface area contributed by atoms with Gasteiger partial charge in [0, 0.05) is 6.20 Å². The summed E-state index contributed by atoms with van der Waals surface area (Å²) in [6, 6.07) is 1.41. The van der Waals surface area contributed by atoms with Crippen molar-refractivity contribution in [2.75, 3.05) is 12.1 Å². The largest absolute Gasteiger partial charge is 0.508 e. The summed E-state index contributed by atoms with van der Waals surface area (Å²) in [5.41, 5.74) is 1.17. The van der Waals surface area contributed by atoms with Crippen molar-refractivity contribution in [3.05, 3.63) is 22.7 Å². The van der Waals surface area contributed by atoms with E-state index in [4.69, 9.17) is 28.9 Å². The molecule has 5 atom stereocenters. The Labute approximate surface area is 161 Å². The van der Waals surface area contributed by atoms with Crippen LogP contribution in [-0.2, 0) is 23.7 Å². The summed E-state index contributed by atoms with van der Waals surface area (Å²) in [6.07, 6.45) is -1.63. The first kappa shape index (κ1) is 20.5. The molecule has 3 heterocycles. The summed E-state index contributed by atoms with van der Waals surface area (Å²) >= 11 is 0. The molecular weight excluding hydrogens is 374 g/mol. The van der Waals surface area contributed by atoms with E-state index in [2.05, 4.69) is 4.98 Å². The molecule has 1 aromatic rings. The van der Waals surface area contributed by atoms with Gasteiger partial charge in [-0.1, -0.05) is 6.92 Å². The van der Waals surface area contributed by atoms with E-state index < -0.39 is 42.2 Å². The van der Waals surface area contributed by atoms with Crippen LogP contribution in [0.5, 0.6) is 0 Å². The number of hydrogen-bond donors (Lipinski definition) is 2. The Kier molecular flexibility index (Phi) is 5.89. The molecule has 0 saturated carbocycles. The average molecular weight is 399 g/mol. The minimum Gasteiger partial charge on any atom is -0.431 e. The molecule has 2 saturated heterocycles.